The van der Waals surface area contributed by atoms with Gasteiger partial charge in [0.1, 0.15) is 0 Å². The number of hydrogen-bond donors (Lipinski definition) is 3. The van der Waals surface area contributed by atoms with Crippen molar-refractivity contribution < 1.29 is 4.79 Å². The van der Waals surface area contributed by atoms with Crippen molar-refractivity contribution in [3.8, 4) is 0 Å². The fourth-order valence-corrected chi connectivity index (χ4v) is 2.76. The van der Waals surface area contributed by atoms with Crippen LogP contribution in [0.1, 0.15) is 0 Å². The molecule has 3 N–H and O–H groups in total. The Kier molecular flexibility index (Phi) is 4.11. The summed E-state index contributed by atoms with van der Waals surface area (Å²) in [6.45, 7) is 0. The van der Waals surface area contributed by atoms with E-state index in [1.807, 2.05) is 18.2 Å². The van der Waals surface area contributed by atoms with E-state index in [0.717, 1.165) is 28.2 Å². The van der Waals surface area contributed by atoms with Gasteiger partial charge in [-0.1, -0.05) is 0 Å². The van der Waals surface area contributed by atoms with E-state index in [2.05, 4.69) is 20.8 Å². The Balaban J connectivity index is 0.00000120. The summed E-state index contributed by atoms with van der Waals surface area (Å²) >= 11 is 1.74. The summed E-state index contributed by atoms with van der Waals surface area (Å²) < 4.78 is 0. The van der Waals surface area contributed by atoms with E-state index in [9.17, 15) is 4.79 Å². The van der Waals surface area contributed by atoms with Gasteiger partial charge in [0.2, 0.25) is 5.91 Å². The molecule has 0 saturated carbocycles. The maximum Gasteiger partial charge on any atom is 0.242 e. The summed E-state index contributed by atoms with van der Waals surface area (Å²) in [6.07, 6.45) is 1.74. The summed E-state index contributed by atoms with van der Waals surface area (Å²) in [6, 6.07) is 5.62. The van der Waals surface area contributed by atoms with Crippen LogP contribution in [-0.2, 0) is 4.79 Å². The van der Waals surface area contributed by atoms with Crippen molar-refractivity contribution in [3.05, 3.63) is 24.4 Å². The summed E-state index contributed by atoms with van der Waals surface area (Å²) in [5, 5.41) is 13.9. The summed E-state index contributed by atoms with van der Waals surface area (Å²) in [7, 11) is 0. The highest BCUT2D eigenvalue weighted by molar-refractivity contribution is 7.99. The predicted octanol–water partition coefficient (Wildman–Crippen LogP) is 1.59. The number of aromatic amines is 1. The first-order chi connectivity index (χ1) is 8.33. The maximum atomic E-state index is 11.9. The molecule has 1 saturated heterocycles. The Morgan fingerprint density at radius 1 is 1.50 bits per heavy atom. The second-order valence-corrected chi connectivity index (χ2v) is 4.96. The lowest BCUT2D eigenvalue weighted by atomic mass is 10.2. The lowest BCUT2D eigenvalue weighted by Crippen LogP contribution is -2.37. The van der Waals surface area contributed by atoms with Crippen LogP contribution in [0.2, 0.25) is 0 Å². The van der Waals surface area contributed by atoms with Crippen molar-refractivity contribution in [2.24, 2.45) is 0 Å². The Hall–Kier alpha value is -1.24. The van der Waals surface area contributed by atoms with Gasteiger partial charge >= 0.3 is 0 Å². The van der Waals surface area contributed by atoms with Gasteiger partial charge in [-0.15, -0.1) is 24.2 Å². The van der Waals surface area contributed by atoms with E-state index in [-0.39, 0.29) is 24.4 Å². The Labute approximate surface area is 115 Å². The highest BCUT2D eigenvalue weighted by atomic mass is 35.5. The number of H-pyrrole nitrogens is 1. The number of hydrogen-bond acceptors (Lipinski definition) is 4. The van der Waals surface area contributed by atoms with Crippen molar-refractivity contribution in [2.45, 2.75) is 6.04 Å². The van der Waals surface area contributed by atoms with Gasteiger partial charge in [-0.25, -0.2) is 0 Å². The fourth-order valence-electron chi connectivity index (χ4n) is 1.81. The first-order valence-corrected chi connectivity index (χ1v) is 6.53. The summed E-state index contributed by atoms with van der Waals surface area (Å²) in [5.41, 5.74) is 1.78. The molecule has 2 heterocycles. The molecule has 1 unspecified atom stereocenters. The second-order valence-electron chi connectivity index (χ2n) is 3.93. The second kappa shape index (κ2) is 5.60. The molecule has 1 aromatic heterocycles. The van der Waals surface area contributed by atoms with Crippen LogP contribution >= 0.6 is 24.2 Å². The number of thioether (sulfide) groups is 1. The first-order valence-electron chi connectivity index (χ1n) is 5.38. The van der Waals surface area contributed by atoms with Gasteiger partial charge in [0.15, 0.2) is 0 Å². The van der Waals surface area contributed by atoms with E-state index >= 15 is 0 Å². The minimum Gasteiger partial charge on any atom is -0.325 e. The van der Waals surface area contributed by atoms with Crippen LogP contribution in [0.5, 0.6) is 0 Å². The molecule has 3 rings (SSSR count). The van der Waals surface area contributed by atoms with Gasteiger partial charge in [-0.05, 0) is 18.2 Å². The first kappa shape index (κ1) is 13.2. The number of carbonyl (C=O) groups is 1. The van der Waals surface area contributed by atoms with Crippen molar-refractivity contribution in [1.29, 1.82) is 0 Å². The molecule has 0 spiro atoms. The number of anilines is 1. The van der Waals surface area contributed by atoms with E-state index < -0.39 is 0 Å². The van der Waals surface area contributed by atoms with E-state index in [0.29, 0.717) is 0 Å². The number of nitrogens with zero attached hydrogens (tertiary/aromatic N) is 1. The molecule has 2 aromatic rings. The molecule has 1 fully saturated rings. The van der Waals surface area contributed by atoms with Crippen LogP contribution in [0.4, 0.5) is 5.69 Å². The maximum absolute atomic E-state index is 11.9. The van der Waals surface area contributed by atoms with Crippen LogP contribution < -0.4 is 10.6 Å². The normalized spacial score (nSPS) is 18.6. The van der Waals surface area contributed by atoms with E-state index in [4.69, 9.17) is 0 Å². The highest BCUT2D eigenvalue weighted by Gasteiger charge is 2.22. The third-order valence-corrected chi connectivity index (χ3v) is 3.68. The predicted molar refractivity (Wildman–Crippen MR) is 76.2 cm³/mol. The van der Waals surface area contributed by atoms with Crippen LogP contribution in [0.3, 0.4) is 0 Å². The van der Waals surface area contributed by atoms with Crippen LogP contribution in [-0.4, -0.2) is 33.8 Å². The molecule has 18 heavy (non-hydrogen) atoms. The Morgan fingerprint density at radius 2 is 2.39 bits per heavy atom. The number of aromatic nitrogens is 2. The van der Waals surface area contributed by atoms with Crippen LogP contribution in [0.25, 0.3) is 10.9 Å². The monoisotopic (exact) mass is 284 g/mol. The van der Waals surface area contributed by atoms with Crippen molar-refractivity contribution in [1.82, 2.24) is 15.5 Å². The Bertz CT molecular complexity index is 553. The lowest BCUT2D eigenvalue weighted by molar-refractivity contribution is -0.117. The molecule has 7 heteroatoms. The third kappa shape index (κ3) is 2.60. The number of amides is 1. The lowest BCUT2D eigenvalue weighted by Gasteiger charge is -2.10. The van der Waals surface area contributed by atoms with Gasteiger partial charge in [0.05, 0.1) is 17.8 Å². The number of nitrogens with one attached hydrogen (secondary N) is 3. The minimum atomic E-state index is -0.0833. The van der Waals surface area contributed by atoms with Crippen molar-refractivity contribution >= 4 is 46.7 Å². The quantitative estimate of drug-likeness (QED) is 0.783. The van der Waals surface area contributed by atoms with E-state index in [1.54, 1.807) is 18.0 Å². The number of fused-ring (bicyclic) bond motifs is 1. The number of benzene rings is 1. The zero-order valence-corrected chi connectivity index (χ0v) is 11.1. The highest BCUT2D eigenvalue weighted by Crippen LogP contribution is 2.18. The number of rotatable bonds is 2. The molecule has 5 nitrogen and oxygen atoms in total. The molecule has 1 amide bonds. The molecule has 1 aliphatic rings. The van der Waals surface area contributed by atoms with Gasteiger partial charge in [0.25, 0.3) is 0 Å². The summed E-state index contributed by atoms with van der Waals surface area (Å²) in [4.78, 5) is 11.9. The molecule has 1 aromatic carbocycles. The molecule has 0 radical (unpaired) electrons. The molecular formula is C11H13ClN4OS. The minimum absolute atomic E-state index is 0. The largest absolute Gasteiger partial charge is 0.325 e. The van der Waals surface area contributed by atoms with E-state index in [1.165, 1.54) is 0 Å². The molecule has 1 aliphatic heterocycles. The molecular weight excluding hydrogens is 272 g/mol. The Morgan fingerprint density at radius 3 is 3.17 bits per heavy atom. The molecule has 1 atom stereocenters. The summed E-state index contributed by atoms with van der Waals surface area (Å²) in [5.74, 6) is 1.70. The third-order valence-electron chi connectivity index (χ3n) is 2.74. The number of halogens is 1. The standard InChI is InChI=1S/C11H12N4OS.ClH/c16-11(10-5-17-6-12-10)14-8-1-2-9-7(3-8)4-13-15-9;/h1-4,10,12H,5-6H2,(H,13,15)(H,14,16);1H. The smallest absolute Gasteiger partial charge is 0.242 e. The average Bonchev–Trinajstić information content (AvgIpc) is 2.99. The number of carbonyl (C=O) groups excluding carboxylic acids is 1. The van der Waals surface area contributed by atoms with Crippen molar-refractivity contribution in [3.63, 3.8) is 0 Å². The topological polar surface area (TPSA) is 69.8 Å². The average molecular weight is 285 g/mol. The zero-order valence-electron chi connectivity index (χ0n) is 9.47. The van der Waals surface area contributed by atoms with Gasteiger partial charge in [0, 0.05) is 22.7 Å². The van der Waals surface area contributed by atoms with Crippen molar-refractivity contribution in [2.75, 3.05) is 16.9 Å². The van der Waals surface area contributed by atoms with Gasteiger partial charge < -0.3 is 5.32 Å². The fraction of sp³-hybridized carbons (Fsp3) is 0.273. The SMILES string of the molecule is Cl.O=C(Nc1ccc2[nH]ncc2c1)C1CSCN1. The molecule has 96 valence electrons. The molecule has 0 aliphatic carbocycles. The van der Waals surface area contributed by atoms with Crippen LogP contribution in [0.15, 0.2) is 24.4 Å². The van der Waals surface area contributed by atoms with Gasteiger partial charge in [-0.3, -0.25) is 15.2 Å². The van der Waals surface area contributed by atoms with Crippen LogP contribution in [0, 0.1) is 0 Å². The molecule has 0 bridgehead atoms. The zero-order chi connectivity index (χ0) is 11.7. The van der Waals surface area contributed by atoms with Gasteiger partial charge in [-0.2, -0.15) is 5.10 Å².